The molecule has 0 bridgehead atoms. The molecule has 232 valence electrons. The van der Waals surface area contributed by atoms with Crippen LogP contribution in [0.3, 0.4) is 0 Å². The van der Waals surface area contributed by atoms with Crippen molar-refractivity contribution in [2.45, 2.75) is 18.6 Å². The molecule has 3 aromatic carbocycles. The first-order valence-corrected chi connectivity index (χ1v) is 13.5. The van der Waals surface area contributed by atoms with Gasteiger partial charge in [-0.15, -0.1) is 13.2 Å². The molecule has 1 fully saturated rings. The number of carbonyl (C=O) groups excluding carboxylic acids is 3. The van der Waals surface area contributed by atoms with E-state index < -0.39 is 60.0 Å². The second-order valence-corrected chi connectivity index (χ2v) is 10.7. The number of hydrogen-bond acceptors (Lipinski definition) is 6. The Bertz CT molecular complexity index is 1650. The van der Waals surface area contributed by atoms with E-state index in [-0.39, 0.29) is 52.2 Å². The molecule has 0 saturated carbocycles. The van der Waals surface area contributed by atoms with Gasteiger partial charge in [0.1, 0.15) is 23.3 Å². The summed E-state index contributed by atoms with van der Waals surface area (Å²) in [4.78, 5) is 42.1. The number of benzene rings is 3. The van der Waals surface area contributed by atoms with Gasteiger partial charge in [-0.2, -0.15) is 13.2 Å². The van der Waals surface area contributed by atoms with Gasteiger partial charge >= 0.3 is 12.5 Å². The monoisotopic (exact) mass is 687 g/mol. The van der Waals surface area contributed by atoms with Gasteiger partial charge in [0, 0.05) is 13.1 Å². The maximum absolute atomic E-state index is 13.5. The highest BCUT2D eigenvalue weighted by Crippen LogP contribution is 2.37. The standard InChI is InChI=1S/C28H20BrF6N3O6/c29-20-11-18(44-28(33,34)35)2-4-23(20)43-13-24(40)37-5-6-38-22(12-37)25(41)36-21-3-1-14(9-19(21)26(38)42)15-7-16(27(30,31)32)10-17(39)8-15/h1-4,7-11,22,39H,5-6,12-13H2,(H,36,41). The molecule has 2 aliphatic rings. The number of phenolic OH excluding ortho intramolecular Hbond substituents is 1. The third-order valence-electron chi connectivity index (χ3n) is 6.87. The van der Waals surface area contributed by atoms with Gasteiger partial charge < -0.3 is 29.7 Å². The Morgan fingerprint density at radius 2 is 1.73 bits per heavy atom. The van der Waals surface area contributed by atoms with Crippen LogP contribution in [0.1, 0.15) is 15.9 Å². The molecule has 1 saturated heterocycles. The molecule has 1 atom stereocenters. The molecule has 2 aliphatic heterocycles. The highest BCUT2D eigenvalue weighted by atomic mass is 79.9. The normalized spacial score (nSPS) is 16.9. The van der Waals surface area contributed by atoms with E-state index in [2.05, 4.69) is 26.0 Å². The summed E-state index contributed by atoms with van der Waals surface area (Å²) in [6, 6.07) is 8.74. The fraction of sp³-hybridized carbons (Fsp3) is 0.250. The highest BCUT2D eigenvalue weighted by molar-refractivity contribution is 9.10. The molecule has 0 radical (unpaired) electrons. The molecule has 1 unspecified atom stereocenters. The molecule has 5 rings (SSSR count). The minimum absolute atomic E-state index is 0.00428. The summed E-state index contributed by atoms with van der Waals surface area (Å²) in [7, 11) is 0. The summed E-state index contributed by atoms with van der Waals surface area (Å²) in [6.07, 6.45) is -9.60. The van der Waals surface area contributed by atoms with Crippen molar-refractivity contribution in [2.24, 2.45) is 0 Å². The largest absolute Gasteiger partial charge is 0.573 e. The van der Waals surface area contributed by atoms with Gasteiger partial charge in [-0.05, 0) is 75.6 Å². The Morgan fingerprint density at radius 3 is 2.41 bits per heavy atom. The SMILES string of the molecule is O=C1Nc2ccc(-c3cc(O)cc(C(F)(F)F)c3)cc2C(=O)N2CCN(C(=O)COc3ccc(OC(F)(F)F)cc3Br)CC12. The molecular formula is C28H20BrF6N3O6. The smallest absolute Gasteiger partial charge is 0.508 e. The molecule has 2 heterocycles. The maximum Gasteiger partial charge on any atom is 0.573 e. The van der Waals surface area contributed by atoms with Crippen molar-refractivity contribution in [3.63, 3.8) is 0 Å². The first kappa shape index (κ1) is 31.0. The van der Waals surface area contributed by atoms with Crippen LogP contribution in [-0.2, 0) is 15.8 Å². The predicted molar refractivity (Wildman–Crippen MR) is 145 cm³/mol. The number of rotatable bonds is 5. The number of nitrogens with zero attached hydrogens (tertiary/aromatic N) is 2. The second kappa shape index (κ2) is 11.6. The molecule has 0 aliphatic carbocycles. The number of fused-ring (bicyclic) bond motifs is 2. The van der Waals surface area contributed by atoms with Crippen LogP contribution in [0.2, 0.25) is 0 Å². The quantitative estimate of drug-likeness (QED) is 0.347. The number of anilines is 1. The number of aromatic hydroxyl groups is 1. The Hall–Kier alpha value is -4.47. The number of phenols is 1. The van der Waals surface area contributed by atoms with Gasteiger partial charge in [-0.1, -0.05) is 6.07 Å². The zero-order chi connectivity index (χ0) is 32.0. The fourth-order valence-corrected chi connectivity index (χ4v) is 5.30. The van der Waals surface area contributed by atoms with Gasteiger partial charge in [-0.25, -0.2) is 0 Å². The topological polar surface area (TPSA) is 108 Å². The Labute approximate surface area is 253 Å². The lowest BCUT2D eigenvalue weighted by molar-refractivity contribution is -0.274. The van der Waals surface area contributed by atoms with Crippen LogP contribution in [0.25, 0.3) is 11.1 Å². The van der Waals surface area contributed by atoms with Crippen molar-refractivity contribution in [2.75, 3.05) is 31.6 Å². The number of carbonyl (C=O) groups is 3. The van der Waals surface area contributed by atoms with Gasteiger partial charge in [0.05, 0.1) is 27.8 Å². The van der Waals surface area contributed by atoms with Crippen LogP contribution in [0.15, 0.2) is 59.1 Å². The zero-order valence-electron chi connectivity index (χ0n) is 22.1. The molecule has 0 spiro atoms. The van der Waals surface area contributed by atoms with Crippen LogP contribution < -0.4 is 14.8 Å². The van der Waals surface area contributed by atoms with Crippen molar-refractivity contribution in [1.82, 2.24) is 9.80 Å². The maximum atomic E-state index is 13.5. The lowest BCUT2D eigenvalue weighted by atomic mass is 9.99. The van der Waals surface area contributed by atoms with Gasteiger partial charge in [0.2, 0.25) is 5.91 Å². The summed E-state index contributed by atoms with van der Waals surface area (Å²) in [5.41, 5.74) is -0.739. The molecule has 9 nitrogen and oxygen atoms in total. The number of ether oxygens (including phenoxy) is 2. The first-order chi connectivity index (χ1) is 20.6. The van der Waals surface area contributed by atoms with Crippen molar-refractivity contribution in [3.05, 3.63) is 70.2 Å². The third-order valence-corrected chi connectivity index (χ3v) is 7.49. The number of amides is 3. The van der Waals surface area contributed by atoms with Crippen molar-refractivity contribution in [3.8, 4) is 28.4 Å². The Kier molecular flexibility index (Phi) is 8.13. The average molecular weight is 688 g/mol. The molecular weight excluding hydrogens is 668 g/mol. The van der Waals surface area contributed by atoms with Gasteiger partial charge in [0.15, 0.2) is 6.61 Å². The van der Waals surface area contributed by atoms with Crippen LogP contribution in [0, 0.1) is 0 Å². The lowest BCUT2D eigenvalue weighted by Crippen LogP contribution is -2.60. The number of alkyl halides is 6. The van der Waals surface area contributed by atoms with Crippen molar-refractivity contribution in [1.29, 1.82) is 0 Å². The number of halogens is 7. The Morgan fingerprint density at radius 1 is 0.977 bits per heavy atom. The molecule has 2 N–H and O–H groups in total. The predicted octanol–water partition coefficient (Wildman–Crippen LogP) is 5.42. The summed E-state index contributed by atoms with van der Waals surface area (Å²) in [5.74, 6) is -2.79. The number of nitrogens with one attached hydrogen (secondary N) is 1. The third kappa shape index (κ3) is 6.69. The minimum Gasteiger partial charge on any atom is -0.508 e. The number of piperazine rings is 1. The molecule has 0 aromatic heterocycles. The lowest BCUT2D eigenvalue weighted by Gasteiger charge is -2.39. The highest BCUT2D eigenvalue weighted by Gasteiger charge is 2.41. The average Bonchev–Trinajstić information content (AvgIpc) is 3.04. The minimum atomic E-state index is -4.89. The van der Waals surface area contributed by atoms with Gasteiger partial charge in [0.25, 0.3) is 11.8 Å². The van der Waals surface area contributed by atoms with Crippen molar-refractivity contribution < 1.29 is 55.3 Å². The number of hydrogen-bond donors (Lipinski definition) is 2. The van der Waals surface area contributed by atoms with E-state index >= 15 is 0 Å². The van der Waals surface area contributed by atoms with Crippen LogP contribution >= 0.6 is 15.9 Å². The fourth-order valence-electron chi connectivity index (χ4n) is 4.83. The van der Waals surface area contributed by atoms with Crippen LogP contribution in [0.5, 0.6) is 17.2 Å². The first-order valence-electron chi connectivity index (χ1n) is 12.7. The van der Waals surface area contributed by atoms with E-state index in [9.17, 15) is 45.8 Å². The van der Waals surface area contributed by atoms with Crippen LogP contribution in [-0.4, -0.2) is 71.3 Å². The zero-order valence-corrected chi connectivity index (χ0v) is 23.7. The summed E-state index contributed by atoms with van der Waals surface area (Å²) in [5, 5.41) is 12.5. The second-order valence-electron chi connectivity index (χ2n) is 9.80. The summed E-state index contributed by atoms with van der Waals surface area (Å²) >= 11 is 3.06. The van der Waals surface area contributed by atoms with E-state index in [4.69, 9.17) is 4.74 Å². The molecule has 44 heavy (non-hydrogen) atoms. The van der Waals surface area contributed by atoms with Gasteiger partial charge in [-0.3, -0.25) is 14.4 Å². The van der Waals surface area contributed by atoms with E-state index in [1.807, 2.05) is 0 Å². The van der Waals surface area contributed by atoms with Crippen molar-refractivity contribution >= 4 is 39.3 Å². The van der Waals surface area contributed by atoms with E-state index in [1.165, 1.54) is 34.1 Å². The van der Waals surface area contributed by atoms with E-state index in [0.29, 0.717) is 6.07 Å². The van der Waals surface area contributed by atoms with Crippen LogP contribution in [0.4, 0.5) is 32.0 Å². The Balaban J connectivity index is 1.29. The van der Waals surface area contributed by atoms with E-state index in [0.717, 1.165) is 24.3 Å². The molecule has 3 amide bonds. The van der Waals surface area contributed by atoms with E-state index in [1.54, 1.807) is 0 Å². The molecule has 3 aromatic rings. The summed E-state index contributed by atoms with van der Waals surface area (Å²) < 4.78 is 86.6. The summed E-state index contributed by atoms with van der Waals surface area (Å²) in [6.45, 7) is -0.743. The molecule has 16 heteroatoms.